The van der Waals surface area contributed by atoms with Gasteiger partial charge in [0.1, 0.15) is 0 Å². The molecule has 0 aliphatic carbocycles. The first-order valence-electron chi connectivity index (χ1n) is 4.74. The van der Waals surface area contributed by atoms with Crippen molar-refractivity contribution in [2.45, 2.75) is 32.7 Å². The van der Waals surface area contributed by atoms with Crippen LogP contribution in [0.5, 0.6) is 0 Å². The number of hydrogen-bond acceptors (Lipinski definition) is 3. The molecule has 0 saturated carbocycles. The van der Waals surface area contributed by atoms with Crippen molar-refractivity contribution in [3.8, 4) is 0 Å². The van der Waals surface area contributed by atoms with Crippen LogP contribution in [0.15, 0.2) is 0 Å². The van der Waals surface area contributed by atoms with E-state index >= 15 is 0 Å². The highest BCUT2D eigenvalue weighted by atomic mass is 16.5. The van der Waals surface area contributed by atoms with E-state index in [0.717, 1.165) is 0 Å². The second-order valence-electron chi connectivity index (χ2n) is 4.60. The van der Waals surface area contributed by atoms with Gasteiger partial charge in [0.2, 0.25) is 5.91 Å². The molecule has 1 amide bonds. The molecule has 0 aromatic rings. The van der Waals surface area contributed by atoms with E-state index in [0.29, 0.717) is 6.54 Å². The number of ether oxygens (including phenoxy) is 1. The van der Waals surface area contributed by atoms with Gasteiger partial charge < -0.3 is 9.64 Å². The van der Waals surface area contributed by atoms with Crippen molar-refractivity contribution in [2.24, 2.45) is 5.92 Å². The van der Waals surface area contributed by atoms with Crippen LogP contribution in [-0.2, 0) is 14.3 Å². The van der Waals surface area contributed by atoms with Gasteiger partial charge in [-0.05, 0) is 20.8 Å². The van der Waals surface area contributed by atoms with E-state index in [2.05, 4.69) is 4.74 Å². The summed E-state index contributed by atoms with van der Waals surface area (Å²) < 4.78 is 4.63. The van der Waals surface area contributed by atoms with Crippen LogP contribution in [0.4, 0.5) is 0 Å². The zero-order valence-electron chi connectivity index (χ0n) is 9.16. The predicted octanol–water partition coefficient (Wildman–Crippen LogP) is 0.806. The van der Waals surface area contributed by atoms with Crippen LogP contribution in [-0.4, -0.2) is 36.0 Å². The summed E-state index contributed by atoms with van der Waals surface area (Å²) in [5.41, 5.74) is -0.208. The summed E-state index contributed by atoms with van der Waals surface area (Å²) in [6.07, 6.45) is 0.282. The summed E-state index contributed by atoms with van der Waals surface area (Å²) in [7, 11) is 1.35. The lowest BCUT2D eigenvalue weighted by atomic mass is 10.1. The van der Waals surface area contributed by atoms with Crippen molar-refractivity contribution in [2.75, 3.05) is 13.7 Å². The zero-order valence-corrected chi connectivity index (χ0v) is 9.16. The lowest BCUT2D eigenvalue weighted by molar-refractivity contribution is -0.145. The monoisotopic (exact) mass is 199 g/mol. The third-order valence-corrected chi connectivity index (χ3v) is 2.47. The number of carbonyl (C=O) groups excluding carboxylic acids is 2. The highest BCUT2D eigenvalue weighted by molar-refractivity contribution is 5.87. The minimum absolute atomic E-state index is 0.0351. The Morgan fingerprint density at radius 2 is 2.07 bits per heavy atom. The van der Waals surface area contributed by atoms with Crippen LogP contribution < -0.4 is 0 Å². The fourth-order valence-electron chi connectivity index (χ4n) is 1.68. The third-order valence-electron chi connectivity index (χ3n) is 2.47. The highest BCUT2D eigenvalue weighted by Gasteiger charge is 2.39. The van der Waals surface area contributed by atoms with Gasteiger partial charge in [-0.25, -0.2) is 0 Å². The van der Waals surface area contributed by atoms with E-state index in [4.69, 9.17) is 0 Å². The smallest absolute Gasteiger partial charge is 0.310 e. The first kappa shape index (κ1) is 11.0. The minimum Gasteiger partial charge on any atom is -0.469 e. The van der Waals surface area contributed by atoms with Gasteiger partial charge in [0.15, 0.2) is 0 Å². The standard InChI is InChI=1S/C10H17NO3/c1-10(2,3)11-6-7(5-8(11)12)9(13)14-4/h7H,5-6H2,1-4H3. The van der Waals surface area contributed by atoms with Crippen molar-refractivity contribution >= 4 is 11.9 Å². The summed E-state index contributed by atoms with van der Waals surface area (Å²) >= 11 is 0. The van der Waals surface area contributed by atoms with Gasteiger partial charge in [0, 0.05) is 18.5 Å². The van der Waals surface area contributed by atoms with Crippen LogP contribution >= 0.6 is 0 Å². The molecule has 4 nitrogen and oxygen atoms in total. The highest BCUT2D eigenvalue weighted by Crippen LogP contribution is 2.26. The molecule has 1 aliphatic heterocycles. The molecule has 4 heteroatoms. The summed E-state index contributed by atoms with van der Waals surface area (Å²) in [5, 5.41) is 0. The van der Waals surface area contributed by atoms with Crippen LogP contribution in [0.25, 0.3) is 0 Å². The molecule has 1 saturated heterocycles. The molecular formula is C10H17NO3. The summed E-state index contributed by atoms with van der Waals surface area (Å²) in [6, 6.07) is 0. The van der Waals surface area contributed by atoms with Gasteiger partial charge in [0.05, 0.1) is 13.0 Å². The molecular weight excluding hydrogens is 182 g/mol. The summed E-state index contributed by atoms with van der Waals surface area (Å²) in [4.78, 5) is 24.5. The van der Waals surface area contributed by atoms with Crippen molar-refractivity contribution in [3.63, 3.8) is 0 Å². The number of amides is 1. The lowest BCUT2D eigenvalue weighted by Crippen LogP contribution is -2.42. The molecule has 1 unspecified atom stereocenters. The number of esters is 1. The Morgan fingerprint density at radius 3 is 2.43 bits per heavy atom. The van der Waals surface area contributed by atoms with Crippen LogP contribution in [0.2, 0.25) is 0 Å². The van der Waals surface area contributed by atoms with Crippen LogP contribution in [0, 0.1) is 5.92 Å². The summed E-state index contributed by atoms with van der Waals surface area (Å²) in [5.74, 6) is -0.537. The minimum atomic E-state index is -0.287. The number of carbonyl (C=O) groups is 2. The number of likely N-dealkylation sites (tertiary alicyclic amines) is 1. The second kappa shape index (κ2) is 3.59. The average Bonchev–Trinajstić information content (AvgIpc) is 2.45. The fraction of sp³-hybridized carbons (Fsp3) is 0.800. The van der Waals surface area contributed by atoms with Crippen molar-refractivity contribution in [1.82, 2.24) is 4.90 Å². The zero-order chi connectivity index (χ0) is 10.9. The Labute approximate surface area is 84.2 Å². The fourth-order valence-corrected chi connectivity index (χ4v) is 1.68. The largest absolute Gasteiger partial charge is 0.469 e. The molecule has 1 aliphatic rings. The van der Waals surface area contributed by atoms with Crippen molar-refractivity contribution in [3.05, 3.63) is 0 Å². The van der Waals surface area contributed by atoms with Gasteiger partial charge in [0.25, 0.3) is 0 Å². The van der Waals surface area contributed by atoms with Gasteiger partial charge >= 0.3 is 5.97 Å². The third kappa shape index (κ3) is 2.05. The molecule has 0 N–H and O–H groups in total. The normalized spacial score (nSPS) is 22.7. The van der Waals surface area contributed by atoms with E-state index in [1.165, 1.54) is 7.11 Å². The molecule has 0 bridgehead atoms. The van der Waals surface area contributed by atoms with Gasteiger partial charge in [-0.1, -0.05) is 0 Å². The first-order valence-corrected chi connectivity index (χ1v) is 4.74. The number of rotatable bonds is 1. The predicted molar refractivity (Wildman–Crippen MR) is 51.6 cm³/mol. The van der Waals surface area contributed by atoms with Gasteiger partial charge in [-0.3, -0.25) is 9.59 Å². The average molecular weight is 199 g/mol. The SMILES string of the molecule is COC(=O)C1CC(=O)N(C(C)(C)C)C1. The molecule has 14 heavy (non-hydrogen) atoms. The second-order valence-corrected chi connectivity index (χ2v) is 4.60. The Balaban J connectivity index is 2.70. The molecule has 1 atom stereocenters. The van der Waals surface area contributed by atoms with E-state index in [1.54, 1.807) is 4.90 Å². The summed E-state index contributed by atoms with van der Waals surface area (Å²) in [6.45, 7) is 6.37. The molecule has 0 spiro atoms. The van der Waals surface area contributed by atoms with Crippen molar-refractivity contribution < 1.29 is 14.3 Å². The van der Waals surface area contributed by atoms with Crippen LogP contribution in [0.3, 0.4) is 0 Å². The molecule has 0 radical (unpaired) electrons. The first-order chi connectivity index (χ1) is 6.36. The van der Waals surface area contributed by atoms with E-state index in [9.17, 15) is 9.59 Å². The molecule has 1 rings (SSSR count). The van der Waals surface area contributed by atoms with E-state index in [1.807, 2.05) is 20.8 Å². The quantitative estimate of drug-likeness (QED) is 0.587. The molecule has 80 valence electrons. The Hall–Kier alpha value is -1.06. The molecule has 1 fully saturated rings. The van der Waals surface area contributed by atoms with Gasteiger partial charge in [-0.15, -0.1) is 0 Å². The van der Waals surface area contributed by atoms with Gasteiger partial charge in [-0.2, -0.15) is 0 Å². The molecule has 0 aromatic heterocycles. The van der Waals surface area contributed by atoms with E-state index in [-0.39, 0.29) is 29.8 Å². The Morgan fingerprint density at radius 1 is 1.50 bits per heavy atom. The molecule has 0 aromatic carbocycles. The topological polar surface area (TPSA) is 46.6 Å². The number of hydrogen-bond donors (Lipinski definition) is 0. The van der Waals surface area contributed by atoms with Crippen LogP contribution in [0.1, 0.15) is 27.2 Å². The maximum Gasteiger partial charge on any atom is 0.310 e. The Kier molecular flexibility index (Phi) is 2.83. The lowest BCUT2D eigenvalue weighted by Gasteiger charge is -2.31. The number of nitrogens with zero attached hydrogens (tertiary/aromatic N) is 1. The molecule has 1 heterocycles. The van der Waals surface area contributed by atoms with Crippen molar-refractivity contribution in [1.29, 1.82) is 0 Å². The Bertz CT molecular complexity index is 255. The maximum absolute atomic E-state index is 11.6. The number of methoxy groups -OCH3 is 1. The van der Waals surface area contributed by atoms with E-state index < -0.39 is 0 Å². The maximum atomic E-state index is 11.6.